The number of furan rings is 1. The summed E-state index contributed by atoms with van der Waals surface area (Å²) in [7, 11) is 0. The fourth-order valence-electron chi connectivity index (χ4n) is 2.00. The Labute approximate surface area is 117 Å². The fraction of sp³-hybridized carbons (Fsp3) is 0.154. The van der Waals surface area contributed by atoms with Crippen LogP contribution in [0.1, 0.15) is 17.2 Å². The molecule has 1 aliphatic heterocycles. The molecule has 0 radical (unpaired) electrons. The van der Waals surface area contributed by atoms with Crippen LogP contribution in [0.25, 0.3) is 0 Å². The minimum Gasteiger partial charge on any atom is -0.482 e. The molecule has 3 rings (SSSR count). The number of nitrogens with two attached hydrogens (primary N) is 1. The number of amides is 1. The monoisotopic (exact) mass is 322 g/mol. The summed E-state index contributed by atoms with van der Waals surface area (Å²) in [5, 5.41) is 2.76. The maximum atomic E-state index is 11.3. The molecule has 1 aromatic carbocycles. The normalized spacial score (nSPS) is 15.4. The van der Waals surface area contributed by atoms with Crippen molar-refractivity contribution in [2.24, 2.45) is 5.73 Å². The molecule has 1 atom stereocenters. The van der Waals surface area contributed by atoms with Gasteiger partial charge < -0.3 is 20.2 Å². The largest absolute Gasteiger partial charge is 0.482 e. The van der Waals surface area contributed by atoms with Crippen LogP contribution in [0.15, 0.2) is 39.6 Å². The Hall–Kier alpha value is -1.79. The van der Waals surface area contributed by atoms with Crippen LogP contribution in [0.3, 0.4) is 0 Å². The first-order chi connectivity index (χ1) is 9.15. The summed E-state index contributed by atoms with van der Waals surface area (Å²) in [6, 6.07) is 6.97. The van der Waals surface area contributed by atoms with Gasteiger partial charge in [-0.15, -0.1) is 0 Å². The molecule has 6 heteroatoms. The predicted octanol–water partition coefficient (Wildman–Crippen LogP) is 2.42. The first-order valence-corrected chi connectivity index (χ1v) is 6.49. The number of nitrogens with one attached hydrogen (secondary N) is 1. The zero-order valence-electron chi connectivity index (χ0n) is 9.85. The molecular weight excluding hydrogens is 312 g/mol. The summed E-state index contributed by atoms with van der Waals surface area (Å²) < 4.78 is 11.1. The Kier molecular flexibility index (Phi) is 3.04. The number of fused-ring (bicyclic) bond motifs is 1. The maximum absolute atomic E-state index is 11.3. The van der Waals surface area contributed by atoms with Gasteiger partial charge in [0.1, 0.15) is 5.75 Å². The molecule has 1 aliphatic rings. The molecule has 5 nitrogen and oxygen atoms in total. The van der Waals surface area contributed by atoms with Crippen LogP contribution in [0.2, 0.25) is 0 Å². The lowest BCUT2D eigenvalue weighted by molar-refractivity contribution is -0.118. The number of rotatable bonds is 2. The Morgan fingerprint density at radius 1 is 1.37 bits per heavy atom. The molecule has 2 aromatic rings. The molecule has 1 aromatic heterocycles. The molecule has 0 saturated heterocycles. The molecule has 0 saturated carbocycles. The highest BCUT2D eigenvalue weighted by molar-refractivity contribution is 9.10. The van der Waals surface area contributed by atoms with Gasteiger partial charge in [-0.1, -0.05) is 6.07 Å². The van der Waals surface area contributed by atoms with Crippen molar-refractivity contribution in [3.63, 3.8) is 0 Å². The summed E-state index contributed by atoms with van der Waals surface area (Å²) in [5.41, 5.74) is 8.55. The van der Waals surface area contributed by atoms with Gasteiger partial charge in [0.05, 0.1) is 18.0 Å². The predicted molar refractivity (Wildman–Crippen MR) is 73.0 cm³/mol. The van der Waals surface area contributed by atoms with E-state index in [1.54, 1.807) is 12.3 Å². The molecule has 0 aliphatic carbocycles. The van der Waals surface area contributed by atoms with Crippen molar-refractivity contribution in [3.05, 3.63) is 46.3 Å². The molecule has 0 spiro atoms. The first-order valence-electron chi connectivity index (χ1n) is 5.70. The number of hydrogen-bond acceptors (Lipinski definition) is 4. The lowest BCUT2D eigenvalue weighted by atomic mass is 10.0. The van der Waals surface area contributed by atoms with E-state index in [0.29, 0.717) is 16.1 Å². The van der Waals surface area contributed by atoms with E-state index < -0.39 is 0 Å². The second-order valence-corrected chi connectivity index (χ2v) is 4.94. The molecule has 3 N–H and O–H groups in total. The van der Waals surface area contributed by atoms with Gasteiger partial charge in [-0.25, -0.2) is 0 Å². The van der Waals surface area contributed by atoms with Gasteiger partial charge in [0.2, 0.25) is 0 Å². The molecule has 19 heavy (non-hydrogen) atoms. The van der Waals surface area contributed by atoms with E-state index in [4.69, 9.17) is 14.9 Å². The lowest BCUT2D eigenvalue weighted by Crippen LogP contribution is -2.25. The van der Waals surface area contributed by atoms with Crippen LogP contribution in [0.4, 0.5) is 5.69 Å². The molecule has 2 heterocycles. The molecule has 0 bridgehead atoms. The topological polar surface area (TPSA) is 77.5 Å². The summed E-state index contributed by atoms with van der Waals surface area (Å²) in [4.78, 5) is 11.3. The van der Waals surface area contributed by atoms with Gasteiger partial charge in [-0.2, -0.15) is 0 Å². The van der Waals surface area contributed by atoms with Gasteiger partial charge in [0, 0.05) is 5.56 Å². The smallest absolute Gasteiger partial charge is 0.262 e. The summed E-state index contributed by atoms with van der Waals surface area (Å²) in [6.45, 7) is 0.0473. The highest BCUT2D eigenvalue weighted by Crippen LogP contribution is 2.33. The van der Waals surface area contributed by atoms with E-state index in [1.165, 1.54) is 0 Å². The molecule has 0 fully saturated rings. The van der Waals surface area contributed by atoms with Gasteiger partial charge in [0.25, 0.3) is 5.91 Å². The van der Waals surface area contributed by atoms with Crippen LogP contribution in [-0.2, 0) is 4.79 Å². The van der Waals surface area contributed by atoms with Crippen LogP contribution in [-0.4, -0.2) is 12.5 Å². The minimum absolute atomic E-state index is 0.0473. The second-order valence-electron chi connectivity index (χ2n) is 4.22. The number of halogens is 1. The minimum atomic E-state index is -0.336. The Bertz CT molecular complexity index is 639. The maximum Gasteiger partial charge on any atom is 0.262 e. The van der Waals surface area contributed by atoms with E-state index in [2.05, 4.69) is 21.2 Å². The van der Waals surface area contributed by atoms with E-state index >= 15 is 0 Å². The highest BCUT2D eigenvalue weighted by atomic mass is 79.9. The van der Waals surface area contributed by atoms with Crippen LogP contribution in [0, 0.1) is 0 Å². The molecule has 98 valence electrons. The number of hydrogen-bond donors (Lipinski definition) is 2. The SMILES string of the molecule is NC(c1ccc2c(c1)NC(=O)CO2)c1ccoc1Br. The third-order valence-electron chi connectivity index (χ3n) is 2.98. The van der Waals surface area contributed by atoms with E-state index in [1.807, 2.05) is 18.2 Å². The van der Waals surface area contributed by atoms with Crippen molar-refractivity contribution in [2.45, 2.75) is 6.04 Å². The molecule has 1 unspecified atom stereocenters. The summed E-state index contributed by atoms with van der Waals surface area (Å²) in [6.07, 6.45) is 1.57. The first kappa shape index (κ1) is 12.3. The molecular formula is C13H11BrN2O3. The number of carbonyl (C=O) groups is 1. The van der Waals surface area contributed by atoms with Crippen LogP contribution >= 0.6 is 15.9 Å². The van der Waals surface area contributed by atoms with Crippen molar-refractivity contribution in [2.75, 3.05) is 11.9 Å². The van der Waals surface area contributed by atoms with Crippen molar-refractivity contribution in [1.29, 1.82) is 0 Å². The Balaban J connectivity index is 1.96. The van der Waals surface area contributed by atoms with Crippen molar-refractivity contribution in [1.82, 2.24) is 0 Å². The average Bonchev–Trinajstić information content (AvgIpc) is 2.83. The van der Waals surface area contributed by atoms with E-state index in [-0.39, 0.29) is 18.6 Å². The van der Waals surface area contributed by atoms with Gasteiger partial charge >= 0.3 is 0 Å². The quantitative estimate of drug-likeness (QED) is 0.890. The van der Waals surface area contributed by atoms with E-state index in [9.17, 15) is 4.79 Å². The fourth-order valence-corrected chi connectivity index (χ4v) is 2.49. The number of benzene rings is 1. The Morgan fingerprint density at radius 2 is 2.21 bits per heavy atom. The van der Waals surface area contributed by atoms with Crippen LogP contribution in [0.5, 0.6) is 5.75 Å². The van der Waals surface area contributed by atoms with Crippen LogP contribution < -0.4 is 15.8 Å². The van der Waals surface area contributed by atoms with Crippen molar-refractivity contribution < 1.29 is 13.9 Å². The number of ether oxygens (including phenoxy) is 1. The zero-order valence-corrected chi connectivity index (χ0v) is 11.4. The third-order valence-corrected chi connectivity index (χ3v) is 3.62. The summed E-state index contributed by atoms with van der Waals surface area (Å²) in [5.74, 6) is 0.490. The number of anilines is 1. The van der Waals surface area contributed by atoms with E-state index in [0.717, 1.165) is 11.1 Å². The molecule has 1 amide bonds. The average molecular weight is 323 g/mol. The standard InChI is InChI=1S/C13H11BrN2O3/c14-13-8(3-4-18-13)12(15)7-1-2-10-9(5-7)16-11(17)6-19-10/h1-5,12H,6,15H2,(H,16,17). The van der Waals surface area contributed by atoms with Gasteiger partial charge in [0.15, 0.2) is 11.3 Å². The summed E-state index contributed by atoms with van der Waals surface area (Å²) >= 11 is 3.31. The second kappa shape index (κ2) is 4.71. The van der Waals surface area contributed by atoms with Gasteiger partial charge in [-0.05, 0) is 39.7 Å². The number of carbonyl (C=O) groups excluding carboxylic acids is 1. The van der Waals surface area contributed by atoms with Gasteiger partial charge in [-0.3, -0.25) is 4.79 Å². The van der Waals surface area contributed by atoms with Crippen molar-refractivity contribution >= 4 is 27.5 Å². The third kappa shape index (κ3) is 2.24. The lowest BCUT2D eigenvalue weighted by Gasteiger charge is -2.20. The van der Waals surface area contributed by atoms with Crippen molar-refractivity contribution in [3.8, 4) is 5.75 Å². The zero-order chi connectivity index (χ0) is 13.4. The highest BCUT2D eigenvalue weighted by Gasteiger charge is 2.20. The Morgan fingerprint density at radius 3 is 2.95 bits per heavy atom.